The second kappa shape index (κ2) is 4.65. The van der Waals surface area contributed by atoms with E-state index >= 15 is 0 Å². The predicted molar refractivity (Wildman–Crippen MR) is 65.7 cm³/mol. The number of hydrogen-bond donors (Lipinski definition) is 0. The number of carbonyl (C=O) groups is 1. The van der Waals surface area contributed by atoms with Gasteiger partial charge >= 0.3 is 0 Å². The third-order valence-corrected chi connectivity index (χ3v) is 3.64. The molecule has 0 aliphatic carbocycles. The Kier molecular flexibility index (Phi) is 3.38. The van der Waals surface area contributed by atoms with Crippen molar-refractivity contribution in [1.29, 1.82) is 0 Å². The number of rotatable bonds is 0. The number of carbonyl (C=O) groups excluding carboxylic acids is 1. The number of amides is 1. The topological polar surface area (TPSA) is 20.3 Å². The zero-order valence-corrected chi connectivity index (χ0v) is 10.7. The van der Waals surface area contributed by atoms with E-state index in [1.165, 1.54) is 0 Å². The molecule has 17 heavy (non-hydrogen) atoms. The van der Waals surface area contributed by atoms with Crippen molar-refractivity contribution in [2.45, 2.75) is 32.7 Å². The molecular weight excluding hydrogens is 241 g/mol. The number of halogens is 2. The Morgan fingerprint density at radius 1 is 1.53 bits per heavy atom. The lowest BCUT2D eigenvalue weighted by Gasteiger charge is -2.25. The molecular formula is C13H15ClFNO. The molecule has 0 saturated heterocycles. The molecule has 0 radical (unpaired) electrons. The molecule has 2 rings (SSSR count). The second-order valence-corrected chi connectivity index (χ2v) is 4.92. The van der Waals surface area contributed by atoms with Gasteiger partial charge < -0.3 is 4.90 Å². The van der Waals surface area contributed by atoms with Crippen molar-refractivity contribution in [2.24, 2.45) is 0 Å². The van der Waals surface area contributed by atoms with Gasteiger partial charge in [-0.25, -0.2) is 4.39 Å². The third kappa shape index (κ3) is 2.29. The highest BCUT2D eigenvalue weighted by Crippen LogP contribution is 2.27. The number of fused-ring (bicyclic) bond motifs is 1. The number of hydrogen-bond acceptors (Lipinski definition) is 1. The second-order valence-electron chi connectivity index (χ2n) is 4.51. The van der Waals surface area contributed by atoms with Crippen LogP contribution >= 0.6 is 11.6 Å². The first-order valence-corrected chi connectivity index (χ1v) is 6.11. The lowest BCUT2D eigenvalue weighted by atomic mass is 10.0. The van der Waals surface area contributed by atoms with E-state index in [-0.39, 0.29) is 22.8 Å². The smallest absolute Gasteiger partial charge is 0.219 e. The minimum atomic E-state index is -0.332. The predicted octanol–water partition coefficient (Wildman–Crippen LogP) is 2.81. The van der Waals surface area contributed by atoms with Crippen LogP contribution in [0.3, 0.4) is 0 Å². The molecule has 1 aliphatic heterocycles. The Hall–Kier alpha value is -1.09. The fourth-order valence-corrected chi connectivity index (χ4v) is 2.60. The van der Waals surface area contributed by atoms with Crippen LogP contribution in [0.2, 0.25) is 5.02 Å². The maximum atomic E-state index is 13.9. The quantitative estimate of drug-likeness (QED) is 0.698. The molecule has 0 bridgehead atoms. The van der Waals surface area contributed by atoms with Crippen LogP contribution < -0.4 is 0 Å². The Morgan fingerprint density at radius 2 is 2.24 bits per heavy atom. The van der Waals surface area contributed by atoms with Crippen molar-refractivity contribution in [3.8, 4) is 0 Å². The molecule has 4 heteroatoms. The average molecular weight is 256 g/mol. The zero-order valence-electron chi connectivity index (χ0n) is 9.96. The van der Waals surface area contributed by atoms with Gasteiger partial charge in [-0.1, -0.05) is 17.7 Å². The van der Waals surface area contributed by atoms with Crippen molar-refractivity contribution in [3.63, 3.8) is 0 Å². The highest BCUT2D eigenvalue weighted by atomic mass is 35.5. The van der Waals surface area contributed by atoms with E-state index in [2.05, 4.69) is 0 Å². The lowest BCUT2D eigenvalue weighted by molar-refractivity contribution is -0.130. The molecule has 1 amide bonds. The van der Waals surface area contributed by atoms with Gasteiger partial charge in [0.05, 0.1) is 5.02 Å². The van der Waals surface area contributed by atoms with Crippen molar-refractivity contribution >= 4 is 17.5 Å². The van der Waals surface area contributed by atoms with Gasteiger partial charge in [-0.15, -0.1) is 0 Å². The van der Waals surface area contributed by atoms with Crippen molar-refractivity contribution in [2.75, 3.05) is 6.54 Å². The number of benzene rings is 1. The summed E-state index contributed by atoms with van der Waals surface area (Å²) >= 11 is 5.79. The molecule has 0 N–H and O–H groups in total. The van der Waals surface area contributed by atoms with E-state index < -0.39 is 0 Å². The highest BCUT2D eigenvalue weighted by molar-refractivity contribution is 6.30. The first kappa shape index (κ1) is 12.4. The van der Waals surface area contributed by atoms with E-state index in [9.17, 15) is 9.18 Å². The zero-order chi connectivity index (χ0) is 12.6. The van der Waals surface area contributed by atoms with Gasteiger partial charge in [0.2, 0.25) is 5.91 Å². The molecule has 1 aromatic rings. The molecule has 2 nitrogen and oxygen atoms in total. The van der Waals surface area contributed by atoms with Crippen LogP contribution in [0.25, 0.3) is 0 Å². The molecule has 0 unspecified atom stereocenters. The summed E-state index contributed by atoms with van der Waals surface area (Å²) in [6.07, 6.45) is 1.22. The summed E-state index contributed by atoms with van der Waals surface area (Å²) in [5, 5.41) is 0.159. The third-order valence-electron chi connectivity index (χ3n) is 3.35. The lowest BCUT2D eigenvalue weighted by Crippen LogP contribution is -2.38. The SMILES string of the molecule is CC(=O)N1CCc2ccc(Cl)c(F)c2C[C@H]1C. The van der Waals surface area contributed by atoms with Gasteiger partial charge in [0, 0.05) is 19.5 Å². The fourth-order valence-electron chi connectivity index (χ4n) is 2.42. The minimum Gasteiger partial charge on any atom is -0.340 e. The Bertz CT molecular complexity index is 461. The summed E-state index contributed by atoms with van der Waals surface area (Å²) in [5.74, 6) is -0.293. The van der Waals surface area contributed by atoms with Crippen LogP contribution in [0, 0.1) is 5.82 Å². The molecule has 0 aromatic heterocycles. The summed E-state index contributed by atoms with van der Waals surface area (Å²) in [5.41, 5.74) is 1.62. The normalized spacial score (nSPS) is 19.8. The minimum absolute atomic E-state index is 0.0155. The van der Waals surface area contributed by atoms with Crippen LogP contribution in [-0.4, -0.2) is 23.4 Å². The molecule has 92 valence electrons. The van der Waals surface area contributed by atoms with Crippen molar-refractivity contribution in [1.82, 2.24) is 4.90 Å². The summed E-state index contributed by atoms with van der Waals surface area (Å²) in [7, 11) is 0. The molecule has 0 spiro atoms. The van der Waals surface area contributed by atoms with Gasteiger partial charge in [0.1, 0.15) is 5.82 Å². The Morgan fingerprint density at radius 3 is 2.88 bits per heavy atom. The fraction of sp³-hybridized carbons (Fsp3) is 0.462. The van der Waals surface area contributed by atoms with Crippen LogP contribution in [0.1, 0.15) is 25.0 Å². The maximum Gasteiger partial charge on any atom is 0.219 e. The van der Waals surface area contributed by atoms with Gasteiger partial charge in [-0.05, 0) is 37.0 Å². The molecule has 1 atom stereocenters. The average Bonchev–Trinajstić information content (AvgIpc) is 2.43. The first-order valence-electron chi connectivity index (χ1n) is 5.73. The van der Waals surface area contributed by atoms with Crippen LogP contribution in [0.5, 0.6) is 0 Å². The summed E-state index contributed by atoms with van der Waals surface area (Å²) in [6.45, 7) is 4.14. The largest absolute Gasteiger partial charge is 0.340 e. The molecule has 0 fully saturated rings. The van der Waals surface area contributed by atoms with E-state index in [0.717, 1.165) is 5.56 Å². The maximum absolute atomic E-state index is 13.9. The number of nitrogens with zero attached hydrogens (tertiary/aromatic N) is 1. The van der Waals surface area contributed by atoms with E-state index in [1.54, 1.807) is 17.9 Å². The van der Waals surface area contributed by atoms with Crippen molar-refractivity contribution in [3.05, 3.63) is 34.1 Å². The van der Waals surface area contributed by atoms with E-state index in [0.29, 0.717) is 24.9 Å². The summed E-state index contributed by atoms with van der Waals surface area (Å²) in [4.78, 5) is 13.3. The van der Waals surface area contributed by atoms with Gasteiger partial charge in [0.25, 0.3) is 0 Å². The molecule has 1 aromatic carbocycles. The van der Waals surface area contributed by atoms with E-state index in [1.807, 2.05) is 13.0 Å². The standard InChI is InChI=1S/C13H15ClFNO/c1-8-7-11-10(3-4-12(14)13(11)15)5-6-16(8)9(2)17/h3-4,8H,5-7H2,1-2H3/t8-/m1/s1. The van der Waals surface area contributed by atoms with Gasteiger partial charge in [-0.2, -0.15) is 0 Å². The van der Waals surface area contributed by atoms with Gasteiger partial charge in [-0.3, -0.25) is 4.79 Å². The molecule has 1 aliphatic rings. The van der Waals surface area contributed by atoms with Crippen molar-refractivity contribution < 1.29 is 9.18 Å². The Labute approximate surface area is 105 Å². The summed E-state index contributed by atoms with van der Waals surface area (Å²) in [6, 6.07) is 3.46. The highest BCUT2D eigenvalue weighted by Gasteiger charge is 2.24. The van der Waals surface area contributed by atoms with Crippen LogP contribution in [0.4, 0.5) is 4.39 Å². The van der Waals surface area contributed by atoms with Gasteiger partial charge in [0.15, 0.2) is 0 Å². The molecule has 0 saturated carbocycles. The van der Waals surface area contributed by atoms with E-state index in [4.69, 9.17) is 11.6 Å². The van der Waals surface area contributed by atoms with Crippen LogP contribution in [-0.2, 0) is 17.6 Å². The monoisotopic (exact) mass is 255 g/mol. The van der Waals surface area contributed by atoms with Crippen LogP contribution in [0.15, 0.2) is 12.1 Å². The molecule has 1 heterocycles. The Balaban J connectivity index is 2.38. The first-order chi connectivity index (χ1) is 8.00. The summed E-state index contributed by atoms with van der Waals surface area (Å²) < 4.78 is 13.9.